The smallest absolute Gasteiger partial charge is 0.253 e. The van der Waals surface area contributed by atoms with Crippen molar-refractivity contribution >= 4 is 15.7 Å². The third-order valence-electron chi connectivity index (χ3n) is 4.49. The van der Waals surface area contributed by atoms with Crippen molar-refractivity contribution in [2.75, 3.05) is 13.6 Å². The molecule has 1 unspecified atom stereocenters. The van der Waals surface area contributed by atoms with E-state index in [1.807, 2.05) is 6.92 Å². The monoisotopic (exact) mass is 324 g/mol. The number of benzene rings is 1. The van der Waals surface area contributed by atoms with Gasteiger partial charge in [-0.3, -0.25) is 4.79 Å². The predicted octanol–water partition coefficient (Wildman–Crippen LogP) is 1.82. The predicted molar refractivity (Wildman–Crippen MR) is 86.5 cm³/mol. The number of rotatable bonds is 5. The molecule has 1 aromatic rings. The fourth-order valence-electron chi connectivity index (χ4n) is 2.74. The topological polar surface area (TPSA) is 80.5 Å². The highest BCUT2D eigenvalue weighted by atomic mass is 32.2. The summed E-state index contributed by atoms with van der Waals surface area (Å²) in [7, 11) is -1.57. The molecule has 1 aliphatic rings. The molecular formula is C16H24N2O3S. The highest BCUT2D eigenvalue weighted by Gasteiger charge is 2.30. The van der Waals surface area contributed by atoms with E-state index >= 15 is 0 Å². The Morgan fingerprint density at radius 3 is 2.32 bits per heavy atom. The molecule has 0 spiro atoms. The fraction of sp³-hybridized carbons (Fsp3) is 0.562. The molecule has 1 saturated carbocycles. The van der Waals surface area contributed by atoms with Crippen LogP contribution in [0.4, 0.5) is 0 Å². The molecule has 0 heterocycles. The number of hydrogen-bond acceptors (Lipinski definition) is 4. The average molecular weight is 324 g/mol. The van der Waals surface area contributed by atoms with E-state index in [-0.39, 0.29) is 17.2 Å². The maximum Gasteiger partial charge on any atom is 0.253 e. The van der Waals surface area contributed by atoms with Crippen molar-refractivity contribution in [3.8, 4) is 0 Å². The first kappa shape index (κ1) is 17.0. The van der Waals surface area contributed by atoms with Gasteiger partial charge in [-0.1, -0.05) is 12.8 Å². The van der Waals surface area contributed by atoms with E-state index < -0.39 is 9.84 Å². The number of sulfone groups is 1. The maximum atomic E-state index is 12.5. The summed E-state index contributed by atoms with van der Waals surface area (Å²) in [6, 6.07) is 6.20. The van der Waals surface area contributed by atoms with Crippen LogP contribution in [0.3, 0.4) is 0 Å². The summed E-state index contributed by atoms with van der Waals surface area (Å²) in [6.45, 7) is 2.26. The first-order valence-corrected chi connectivity index (χ1v) is 9.23. The molecule has 5 nitrogen and oxygen atoms in total. The molecule has 1 atom stereocenters. The second-order valence-corrected chi connectivity index (χ2v) is 8.20. The molecule has 1 aromatic carbocycles. The van der Waals surface area contributed by atoms with Gasteiger partial charge in [-0.25, -0.2) is 8.42 Å². The van der Waals surface area contributed by atoms with Gasteiger partial charge < -0.3 is 10.6 Å². The van der Waals surface area contributed by atoms with Gasteiger partial charge in [0.15, 0.2) is 9.84 Å². The van der Waals surface area contributed by atoms with Crippen molar-refractivity contribution in [2.45, 2.75) is 48.8 Å². The summed E-state index contributed by atoms with van der Waals surface area (Å²) in [6.07, 6.45) is 3.42. The number of carbonyl (C=O) groups excluding carboxylic acids is 1. The Morgan fingerprint density at radius 1 is 1.27 bits per heavy atom. The van der Waals surface area contributed by atoms with Crippen LogP contribution in [0.15, 0.2) is 29.2 Å². The molecule has 2 N–H and O–H groups in total. The van der Waals surface area contributed by atoms with E-state index in [4.69, 9.17) is 5.73 Å². The lowest BCUT2D eigenvalue weighted by molar-refractivity contribution is 0.0748. The standard InChI is InChI=1S/C16H24N2O3S/c1-12(11-17)18(2)16(19)13-7-9-15(10-8-13)22(20,21)14-5-3-4-6-14/h7-10,12,14H,3-6,11,17H2,1-2H3. The summed E-state index contributed by atoms with van der Waals surface area (Å²) in [5, 5.41) is -0.269. The molecule has 1 amide bonds. The fourth-order valence-corrected chi connectivity index (χ4v) is 4.59. The Balaban J connectivity index is 2.18. The van der Waals surface area contributed by atoms with Crippen molar-refractivity contribution in [3.05, 3.63) is 29.8 Å². The minimum Gasteiger partial charge on any atom is -0.338 e. The van der Waals surface area contributed by atoms with E-state index in [2.05, 4.69) is 0 Å². The molecule has 6 heteroatoms. The lowest BCUT2D eigenvalue weighted by Crippen LogP contribution is -2.39. The summed E-state index contributed by atoms with van der Waals surface area (Å²) in [4.78, 5) is 14.2. The van der Waals surface area contributed by atoms with Crippen LogP contribution in [0.5, 0.6) is 0 Å². The van der Waals surface area contributed by atoms with Gasteiger partial charge in [0, 0.05) is 25.2 Å². The quantitative estimate of drug-likeness (QED) is 0.896. The second-order valence-electron chi connectivity index (χ2n) is 5.98. The molecule has 1 fully saturated rings. The Morgan fingerprint density at radius 2 is 1.82 bits per heavy atom. The van der Waals surface area contributed by atoms with Gasteiger partial charge in [0.25, 0.3) is 5.91 Å². The number of amides is 1. The van der Waals surface area contributed by atoms with Crippen LogP contribution in [-0.4, -0.2) is 44.1 Å². The SMILES string of the molecule is CC(CN)N(C)C(=O)c1ccc(S(=O)(=O)C2CCCC2)cc1. The van der Waals surface area contributed by atoms with Gasteiger partial charge in [0.05, 0.1) is 10.1 Å². The zero-order valence-electron chi connectivity index (χ0n) is 13.2. The second kappa shape index (κ2) is 6.79. The zero-order chi connectivity index (χ0) is 16.3. The van der Waals surface area contributed by atoms with Crippen LogP contribution in [-0.2, 0) is 9.84 Å². The van der Waals surface area contributed by atoms with Gasteiger partial charge in [0.2, 0.25) is 0 Å². The maximum absolute atomic E-state index is 12.5. The van der Waals surface area contributed by atoms with Crippen molar-refractivity contribution in [3.63, 3.8) is 0 Å². The molecule has 0 aromatic heterocycles. The van der Waals surface area contributed by atoms with E-state index in [9.17, 15) is 13.2 Å². The molecule has 2 rings (SSSR count). The third kappa shape index (κ3) is 3.33. The van der Waals surface area contributed by atoms with Gasteiger partial charge in [0.1, 0.15) is 0 Å². The van der Waals surface area contributed by atoms with E-state index in [1.165, 1.54) is 0 Å². The summed E-state index contributed by atoms with van der Waals surface area (Å²) in [5.74, 6) is -0.150. The van der Waals surface area contributed by atoms with E-state index in [0.29, 0.717) is 17.0 Å². The highest BCUT2D eigenvalue weighted by Crippen LogP contribution is 2.29. The van der Waals surface area contributed by atoms with Crippen LogP contribution >= 0.6 is 0 Å². The Labute approximate surface area is 132 Å². The Bertz CT molecular complexity index is 619. The number of carbonyl (C=O) groups is 1. The van der Waals surface area contributed by atoms with Crippen molar-refractivity contribution in [1.29, 1.82) is 0 Å². The van der Waals surface area contributed by atoms with E-state index in [0.717, 1.165) is 25.7 Å². The minimum atomic E-state index is -3.27. The molecule has 122 valence electrons. The van der Waals surface area contributed by atoms with Gasteiger partial charge >= 0.3 is 0 Å². The Kier molecular flexibility index (Phi) is 5.24. The lowest BCUT2D eigenvalue weighted by Gasteiger charge is -2.23. The van der Waals surface area contributed by atoms with Crippen LogP contribution in [0.25, 0.3) is 0 Å². The molecule has 1 aliphatic carbocycles. The average Bonchev–Trinajstić information content (AvgIpc) is 3.08. The van der Waals surface area contributed by atoms with Gasteiger partial charge in [-0.05, 0) is 44.0 Å². The summed E-state index contributed by atoms with van der Waals surface area (Å²) in [5.41, 5.74) is 6.05. The number of hydrogen-bond donors (Lipinski definition) is 1. The summed E-state index contributed by atoms with van der Waals surface area (Å²) < 4.78 is 25.0. The van der Waals surface area contributed by atoms with Crippen LogP contribution in [0.1, 0.15) is 43.0 Å². The highest BCUT2D eigenvalue weighted by molar-refractivity contribution is 7.92. The lowest BCUT2D eigenvalue weighted by atomic mass is 10.2. The van der Waals surface area contributed by atoms with Crippen LogP contribution in [0.2, 0.25) is 0 Å². The van der Waals surface area contributed by atoms with Crippen molar-refractivity contribution < 1.29 is 13.2 Å². The first-order chi connectivity index (χ1) is 10.4. The van der Waals surface area contributed by atoms with Crippen molar-refractivity contribution in [1.82, 2.24) is 4.90 Å². The van der Waals surface area contributed by atoms with Gasteiger partial charge in [-0.15, -0.1) is 0 Å². The molecule has 0 aliphatic heterocycles. The van der Waals surface area contributed by atoms with Crippen molar-refractivity contribution in [2.24, 2.45) is 5.73 Å². The molecule has 0 radical (unpaired) electrons. The molecule has 0 bridgehead atoms. The zero-order valence-corrected chi connectivity index (χ0v) is 14.0. The third-order valence-corrected chi connectivity index (χ3v) is 6.77. The van der Waals surface area contributed by atoms with E-state index in [1.54, 1.807) is 36.2 Å². The van der Waals surface area contributed by atoms with Crippen LogP contribution < -0.4 is 5.73 Å². The number of nitrogens with two attached hydrogens (primary N) is 1. The van der Waals surface area contributed by atoms with Gasteiger partial charge in [-0.2, -0.15) is 0 Å². The molecule has 22 heavy (non-hydrogen) atoms. The van der Waals surface area contributed by atoms with Crippen LogP contribution in [0, 0.1) is 0 Å². The number of nitrogens with zero attached hydrogens (tertiary/aromatic N) is 1. The molecule has 0 saturated heterocycles. The molecular weight excluding hydrogens is 300 g/mol. The number of likely N-dealkylation sites (N-methyl/N-ethyl adjacent to an activating group) is 1. The normalized spacial score (nSPS) is 17.4. The first-order valence-electron chi connectivity index (χ1n) is 7.69. The minimum absolute atomic E-state index is 0.0607. The largest absolute Gasteiger partial charge is 0.338 e. The Hall–Kier alpha value is -1.40. The summed E-state index contributed by atoms with van der Waals surface area (Å²) >= 11 is 0.